The molecule has 1 saturated heterocycles. The predicted molar refractivity (Wildman–Crippen MR) is 63.6 cm³/mol. The summed E-state index contributed by atoms with van der Waals surface area (Å²) in [5.41, 5.74) is 4.67. The second-order valence-corrected chi connectivity index (χ2v) is 4.70. The van der Waals surface area contributed by atoms with Crippen molar-refractivity contribution in [3.05, 3.63) is 21.2 Å². The topological polar surface area (TPSA) is 131 Å². The minimum absolute atomic E-state index is 0.0230. The molecule has 100 valence electrons. The molecule has 8 nitrogen and oxygen atoms in total. The number of anilines is 1. The number of aromatic nitrogens is 2. The molecule has 1 aromatic heterocycles. The summed E-state index contributed by atoms with van der Waals surface area (Å²) in [7, 11) is 0. The van der Waals surface area contributed by atoms with Gasteiger partial charge >= 0.3 is 5.69 Å². The van der Waals surface area contributed by atoms with Crippen LogP contribution >= 0.6 is 15.9 Å². The maximum Gasteiger partial charge on any atom is 0.352 e. The molecule has 5 N–H and O–H groups in total. The molecule has 4 atom stereocenters. The van der Waals surface area contributed by atoms with Gasteiger partial charge in [0.05, 0.1) is 11.2 Å². The van der Waals surface area contributed by atoms with E-state index in [-0.39, 0.29) is 10.4 Å². The molecule has 0 aromatic carbocycles. The van der Waals surface area contributed by atoms with Gasteiger partial charge in [0.15, 0.2) is 6.23 Å². The Bertz CT molecular complexity index is 507. The van der Waals surface area contributed by atoms with Crippen LogP contribution in [0.4, 0.5) is 5.82 Å². The lowest BCUT2D eigenvalue weighted by molar-refractivity contribution is -0.0560. The van der Waals surface area contributed by atoms with Gasteiger partial charge in [0.2, 0.25) is 0 Å². The van der Waals surface area contributed by atoms with Crippen molar-refractivity contribution in [3.63, 3.8) is 0 Å². The molecule has 1 aliphatic rings. The van der Waals surface area contributed by atoms with Crippen molar-refractivity contribution in [1.29, 1.82) is 0 Å². The first-order valence-electron chi connectivity index (χ1n) is 5.12. The van der Waals surface area contributed by atoms with E-state index in [4.69, 9.17) is 15.6 Å². The maximum atomic E-state index is 11.7. The van der Waals surface area contributed by atoms with Crippen LogP contribution in [0, 0.1) is 0 Å². The summed E-state index contributed by atoms with van der Waals surface area (Å²) in [6.45, 7) is -0.469. The van der Waals surface area contributed by atoms with Crippen molar-refractivity contribution in [2.24, 2.45) is 0 Å². The smallest absolute Gasteiger partial charge is 0.352 e. The summed E-state index contributed by atoms with van der Waals surface area (Å²) in [6, 6.07) is 1.37. The quantitative estimate of drug-likeness (QED) is 0.473. The molecule has 1 aromatic rings. The summed E-state index contributed by atoms with van der Waals surface area (Å²) >= 11 is 3.10. The summed E-state index contributed by atoms with van der Waals surface area (Å²) < 4.78 is 6.50. The molecule has 9 heteroatoms. The minimum atomic E-state index is -1.35. The summed E-state index contributed by atoms with van der Waals surface area (Å²) in [4.78, 5) is 15.2. The van der Waals surface area contributed by atoms with Crippen LogP contribution < -0.4 is 11.4 Å². The Morgan fingerprint density at radius 3 is 2.67 bits per heavy atom. The first-order chi connectivity index (χ1) is 8.45. The first-order valence-corrected chi connectivity index (χ1v) is 5.92. The fourth-order valence-electron chi connectivity index (χ4n) is 1.80. The Morgan fingerprint density at radius 2 is 2.17 bits per heavy atom. The predicted octanol–water partition coefficient (Wildman–Crippen LogP) is -1.80. The van der Waals surface area contributed by atoms with Crippen LogP contribution in [0.1, 0.15) is 6.23 Å². The lowest BCUT2D eigenvalue weighted by atomic mass is 10.1. The van der Waals surface area contributed by atoms with Crippen molar-refractivity contribution >= 4 is 21.7 Å². The third kappa shape index (κ3) is 2.15. The van der Waals surface area contributed by atoms with Crippen molar-refractivity contribution in [2.75, 3.05) is 12.3 Å². The molecular formula is C9H12BrN3O5. The molecule has 0 amide bonds. The largest absolute Gasteiger partial charge is 0.394 e. The van der Waals surface area contributed by atoms with Crippen molar-refractivity contribution in [1.82, 2.24) is 9.55 Å². The number of rotatable bonds is 2. The molecule has 0 spiro atoms. The summed E-state index contributed by atoms with van der Waals surface area (Å²) in [5, 5.41) is 28.4. The van der Waals surface area contributed by atoms with Gasteiger partial charge in [0.1, 0.15) is 24.1 Å². The van der Waals surface area contributed by atoms with Gasteiger partial charge in [-0.15, -0.1) is 0 Å². The zero-order valence-corrected chi connectivity index (χ0v) is 10.7. The molecule has 0 bridgehead atoms. The highest BCUT2D eigenvalue weighted by Crippen LogP contribution is 2.30. The fraction of sp³-hybridized carbons (Fsp3) is 0.556. The van der Waals surface area contributed by atoms with Gasteiger partial charge in [-0.3, -0.25) is 4.57 Å². The third-order valence-electron chi connectivity index (χ3n) is 2.70. The van der Waals surface area contributed by atoms with Crippen LogP contribution in [0.15, 0.2) is 15.5 Å². The Labute approximate surface area is 110 Å². The van der Waals surface area contributed by atoms with Crippen molar-refractivity contribution < 1.29 is 20.1 Å². The average Bonchev–Trinajstić information content (AvgIpc) is 2.56. The summed E-state index contributed by atoms with van der Waals surface area (Å²) in [6.07, 6.45) is -4.72. The third-order valence-corrected chi connectivity index (χ3v) is 3.31. The number of hydrogen-bond donors (Lipinski definition) is 4. The van der Waals surface area contributed by atoms with E-state index in [1.165, 1.54) is 6.07 Å². The molecule has 18 heavy (non-hydrogen) atoms. The van der Waals surface area contributed by atoms with Gasteiger partial charge < -0.3 is 25.8 Å². The van der Waals surface area contributed by atoms with Gasteiger partial charge in [-0.05, 0) is 15.9 Å². The Morgan fingerprint density at radius 1 is 1.50 bits per heavy atom. The standard InChI is InChI=1S/C9H12BrN3O5/c10-4-1-5(11)12-9(17)13(4)8-7(16)6(15)3(2-14)18-8/h1,3,6-8,14-16H,2H2,(H2,11,12,17)/t3-,6?,7?,8-/m1/s1. The molecular weight excluding hydrogens is 310 g/mol. The number of nitrogens with two attached hydrogens (primary N) is 1. The SMILES string of the molecule is Nc1cc(Br)n([C@@H]2O[C@H](CO)C(O)C2O)c(=O)n1. The number of halogens is 1. The van der Waals surface area contributed by atoms with Crippen molar-refractivity contribution in [3.8, 4) is 0 Å². The van der Waals surface area contributed by atoms with Crippen molar-refractivity contribution in [2.45, 2.75) is 24.5 Å². The van der Waals surface area contributed by atoms with Crippen LogP contribution in [0.5, 0.6) is 0 Å². The van der Waals surface area contributed by atoms with Crippen LogP contribution in [0.2, 0.25) is 0 Å². The van der Waals surface area contributed by atoms with Gasteiger partial charge in [-0.2, -0.15) is 4.98 Å². The zero-order chi connectivity index (χ0) is 13.4. The number of nitrogen functional groups attached to an aromatic ring is 1. The van der Waals surface area contributed by atoms with E-state index in [1.807, 2.05) is 0 Å². The van der Waals surface area contributed by atoms with Gasteiger partial charge in [0, 0.05) is 6.07 Å². The monoisotopic (exact) mass is 321 g/mol. The Kier molecular flexibility index (Phi) is 3.69. The van der Waals surface area contributed by atoms with E-state index in [1.54, 1.807) is 0 Å². The molecule has 1 fully saturated rings. The van der Waals surface area contributed by atoms with E-state index in [0.717, 1.165) is 4.57 Å². The van der Waals surface area contributed by atoms with Crippen LogP contribution in [0.25, 0.3) is 0 Å². The van der Waals surface area contributed by atoms with E-state index in [2.05, 4.69) is 20.9 Å². The fourth-order valence-corrected chi connectivity index (χ4v) is 2.39. The highest BCUT2D eigenvalue weighted by molar-refractivity contribution is 9.10. The maximum absolute atomic E-state index is 11.7. The number of aliphatic hydroxyl groups excluding tert-OH is 3. The average molecular weight is 322 g/mol. The molecule has 0 radical (unpaired) electrons. The second-order valence-electron chi connectivity index (χ2n) is 3.89. The highest BCUT2D eigenvalue weighted by Gasteiger charge is 2.44. The zero-order valence-electron chi connectivity index (χ0n) is 9.10. The van der Waals surface area contributed by atoms with Crippen LogP contribution in [0.3, 0.4) is 0 Å². The minimum Gasteiger partial charge on any atom is -0.394 e. The second kappa shape index (κ2) is 4.94. The number of aliphatic hydroxyl groups is 3. The van der Waals surface area contributed by atoms with E-state index in [9.17, 15) is 15.0 Å². The number of nitrogens with zero attached hydrogens (tertiary/aromatic N) is 2. The lowest BCUT2D eigenvalue weighted by Crippen LogP contribution is -2.36. The molecule has 2 heterocycles. The van der Waals surface area contributed by atoms with E-state index >= 15 is 0 Å². The van der Waals surface area contributed by atoms with Gasteiger partial charge in [-0.25, -0.2) is 4.79 Å². The molecule has 2 rings (SSSR count). The normalized spacial score (nSPS) is 31.8. The van der Waals surface area contributed by atoms with Crippen LogP contribution in [-0.4, -0.2) is 49.8 Å². The van der Waals surface area contributed by atoms with E-state index in [0.29, 0.717) is 0 Å². The first kappa shape index (κ1) is 13.4. The Hall–Kier alpha value is -1.00. The van der Waals surface area contributed by atoms with E-state index < -0.39 is 36.8 Å². The Balaban J connectivity index is 2.42. The molecule has 1 aliphatic heterocycles. The highest BCUT2D eigenvalue weighted by atomic mass is 79.9. The number of hydrogen-bond acceptors (Lipinski definition) is 7. The van der Waals surface area contributed by atoms with Gasteiger partial charge in [-0.1, -0.05) is 0 Å². The van der Waals surface area contributed by atoms with Gasteiger partial charge in [0.25, 0.3) is 0 Å². The molecule has 2 unspecified atom stereocenters. The lowest BCUT2D eigenvalue weighted by Gasteiger charge is -2.18. The van der Waals surface area contributed by atoms with Crippen LogP contribution in [-0.2, 0) is 4.74 Å². The number of ether oxygens (including phenoxy) is 1. The molecule has 0 aliphatic carbocycles. The summed E-state index contributed by atoms with van der Waals surface area (Å²) in [5.74, 6) is 0.0230. The molecule has 0 saturated carbocycles.